The van der Waals surface area contributed by atoms with Gasteiger partial charge in [0.15, 0.2) is 19.4 Å². The first-order chi connectivity index (χ1) is 13.9. The largest absolute Gasteiger partial charge is 0.496 e. The topological polar surface area (TPSA) is 78.9 Å². The fourth-order valence-electron chi connectivity index (χ4n) is 4.21. The third-order valence-corrected chi connectivity index (χ3v) is 7.02. The average Bonchev–Trinajstić information content (AvgIpc) is 3.26. The van der Waals surface area contributed by atoms with Crippen LogP contribution in [0.2, 0.25) is 0 Å². The first kappa shape index (κ1) is 23.3. The van der Waals surface area contributed by atoms with E-state index in [0.717, 1.165) is 32.1 Å². The SMILES string of the molecule is CCCCCOC(=O)C(C)(P=O)C1(C(=O)c2c(OC)cccc2OC)CCCC1. The third kappa shape index (κ3) is 4.32. The monoisotopic (exact) mass is 422 g/mol. The van der Waals surface area contributed by atoms with Gasteiger partial charge in [0.05, 0.1) is 26.2 Å². The summed E-state index contributed by atoms with van der Waals surface area (Å²) in [5.41, 5.74) is -0.854. The van der Waals surface area contributed by atoms with Crippen LogP contribution in [0, 0.1) is 5.41 Å². The van der Waals surface area contributed by atoms with Crippen molar-refractivity contribution in [3.05, 3.63) is 23.8 Å². The van der Waals surface area contributed by atoms with Crippen molar-refractivity contribution in [2.24, 2.45) is 5.41 Å². The molecule has 6 nitrogen and oxygen atoms in total. The van der Waals surface area contributed by atoms with E-state index in [2.05, 4.69) is 6.92 Å². The molecule has 0 heterocycles. The van der Waals surface area contributed by atoms with Crippen LogP contribution in [0.1, 0.15) is 69.2 Å². The maximum absolute atomic E-state index is 13.9. The van der Waals surface area contributed by atoms with Crippen LogP contribution >= 0.6 is 8.46 Å². The van der Waals surface area contributed by atoms with Crippen molar-refractivity contribution in [3.8, 4) is 11.5 Å². The highest BCUT2D eigenvalue weighted by Gasteiger charge is 2.61. The quantitative estimate of drug-likeness (QED) is 0.210. The molecule has 29 heavy (non-hydrogen) atoms. The number of carbonyl (C=O) groups is 2. The lowest BCUT2D eigenvalue weighted by Crippen LogP contribution is -2.52. The van der Waals surface area contributed by atoms with Gasteiger partial charge in [0.2, 0.25) is 0 Å². The Hall–Kier alpha value is -1.94. The van der Waals surface area contributed by atoms with E-state index < -0.39 is 25.0 Å². The minimum absolute atomic E-state index is 0.264. The first-order valence-corrected chi connectivity index (χ1v) is 11.0. The summed E-state index contributed by atoms with van der Waals surface area (Å²) >= 11 is 0. The summed E-state index contributed by atoms with van der Waals surface area (Å²) in [6.45, 7) is 3.91. The van der Waals surface area contributed by atoms with Gasteiger partial charge >= 0.3 is 5.97 Å². The van der Waals surface area contributed by atoms with E-state index in [0.29, 0.717) is 24.3 Å². The summed E-state index contributed by atoms with van der Waals surface area (Å²) < 4.78 is 28.7. The van der Waals surface area contributed by atoms with E-state index in [4.69, 9.17) is 14.2 Å². The van der Waals surface area contributed by atoms with Crippen molar-refractivity contribution in [2.75, 3.05) is 20.8 Å². The number of ether oxygens (including phenoxy) is 3. The predicted octanol–water partition coefficient (Wildman–Crippen LogP) is 5.23. The Kier molecular flexibility index (Phi) is 8.21. The summed E-state index contributed by atoms with van der Waals surface area (Å²) in [7, 11) is 2.56. The summed E-state index contributed by atoms with van der Waals surface area (Å²) in [5.74, 6) is -0.112. The van der Waals surface area contributed by atoms with Crippen molar-refractivity contribution in [3.63, 3.8) is 0 Å². The lowest BCUT2D eigenvalue weighted by atomic mass is 9.68. The standard InChI is InChI=1S/C22H31O6P/c1-5-6-9-15-28-20(24)21(2,29-25)22(13-7-8-14-22)19(23)18-16(26-3)11-10-12-17(18)27-4/h10-12H,5-9,13-15H2,1-4H3. The van der Waals surface area contributed by atoms with Gasteiger partial charge in [-0.25, -0.2) is 0 Å². The zero-order valence-corrected chi connectivity index (χ0v) is 18.7. The van der Waals surface area contributed by atoms with Crippen molar-refractivity contribution >= 4 is 20.2 Å². The number of benzene rings is 1. The normalized spacial score (nSPS) is 17.5. The Morgan fingerprint density at radius 1 is 1.10 bits per heavy atom. The Bertz CT molecular complexity index is 719. The highest BCUT2D eigenvalue weighted by molar-refractivity contribution is 7.28. The molecule has 1 aromatic carbocycles. The Labute approximate surface area is 174 Å². The summed E-state index contributed by atoms with van der Waals surface area (Å²) in [4.78, 5) is 27.0. The van der Waals surface area contributed by atoms with Gasteiger partial charge in [-0.2, -0.15) is 0 Å². The molecule has 0 spiro atoms. The van der Waals surface area contributed by atoms with Crippen LogP contribution in [0.3, 0.4) is 0 Å². The van der Waals surface area contributed by atoms with Crippen molar-refractivity contribution in [1.29, 1.82) is 0 Å². The minimum atomic E-state index is -1.47. The first-order valence-electron chi connectivity index (χ1n) is 10.2. The molecule has 1 atom stereocenters. The number of hydrogen-bond acceptors (Lipinski definition) is 6. The fourth-order valence-corrected chi connectivity index (χ4v) is 4.84. The Morgan fingerprint density at radius 2 is 1.69 bits per heavy atom. The molecule has 7 heteroatoms. The average molecular weight is 422 g/mol. The number of unbranched alkanes of at least 4 members (excludes halogenated alkanes) is 2. The number of esters is 1. The minimum Gasteiger partial charge on any atom is -0.496 e. The van der Waals surface area contributed by atoms with Gasteiger partial charge in [-0.15, -0.1) is 0 Å². The molecule has 1 aromatic rings. The van der Waals surface area contributed by atoms with Gasteiger partial charge < -0.3 is 14.2 Å². The van der Waals surface area contributed by atoms with Crippen LogP contribution in [0.25, 0.3) is 0 Å². The number of carbonyl (C=O) groups excluding carboxylic acids is 2. The van der Waals surface area contributed by atoms with E-state index in [1.165, 1.54) is 14.2 Å². The van der Waals surface area contributed by atoms with Crippen LogP contribution in [0.5, 0.6) is 11.5 Å². The Balaban J connectivity index is 2.48. The molecular formula is C22H31O6P. The third-order valence-electron chi connectivity index (χ3n) is 6.04. The van der Waals surface area contributed by atoms with Gasteiger partial charge in [-0.3, -0.25) is 14.2 Å². The van der Waals surface area contributed by atoms with Crippen molar-refractivity contribution < 1.29 is 28.4 Å². The molecule has 1 fully saturated rings. The van der Waals surface area contributed by atoms with Gasteiger partial charge in [0.1, 0.15) is 17.1 Å². The highest BCUT2D eigenvalue weighted by atomic mass is 31.1. The zero-order valence-electron chi connectivity index (χ0n) is 17.8. The summed E-state index contributed by atoms with van der Waals surface area (Å²) in [6, 6.07) is 5.12. The van der Waals surface area contributed by atoms with E-state index >= 15 is 0 Å². The van der Waals surface area contributed by atoms with E-state index in [1.54, 1.807) is 25.1 Å². The van der Waals surface area contributed by atoms with E-state index in [1.807, 2.05) is 0 Å². The molecule has 1 aliphatic rings. The number of methoxy groups -OCH3 is 2. The van der Waals surface area contributed by atoms with Gasteiger partial charge in [0, 0.05) is 0 Å². The van der Waals surface area contributed by atoms with Crippen LogP contribution in [0.4, 0.5) is 0 Å². The molecule has 0 aromatic heterocycles. The van der Waals surface area contributed by atoms with Crippen LogP contribution in [-0.4, -0.2) is 37.7 Å². The van der Waals surface area contributed by atoms with Crippen LogP contribution in [-0.2, 0) is 14.1 Å². The molecule has 1 unspecified atom stereocenters. The molecule has 0 bridgehead atoms. The van der Waals surface area contributed by atoms with Gasteiger partial charge in [-0.05, 0) is 38.3 Å². The van der Waals surface area contributed by atoms with Gasteiger partial charge in [0.25, 0.3) is 0 Å². The Morgan fingerprint density at radius 3 is 2.17 bits per heavy atom. The molecule has 1 saturated carbocycles. The maximum Gasteiger partial charge on any atom is 0.324 e. The predicted molar refractivity (Wildman–Crippen MR) is 111 cm³/mol. The smallest absolute Gasteiger partial charge is 0.324 e. The fraction of sp³-hybridized carbons (Fsp3) is 0.636. The van der Waals surface area contributed by atoms with Crippen molar-refractivity contribution in [1.82, 2.24) is 0 Å². The summed E-state index contributed by atoms with van der Waals surface area (Å²) in [5, 5.41) is -1.47. The molecule has 2 rings (SSSR count). The van der Waals surface area contributed by atoms with Crippen LogP contribution < -0.4 is 9.47 Å². The second-order valence-corrected chi connectivity index (χ2v) is 8.74. The zero-order chi connectivity index (χ0) is 21.5. The molecule has 0 N–H and O–H groups in total. The lowest BCUT2D eigenvalue weighted by Gasteiger charge is -2.39. The lowest BCUT2D eigenvalue weighted by molar-refractivity contribution is -0.149. The number of ketones is 1. The molecule has 0 saturated heterocycles. The molecule has 0 amide bonds. The van der Waals surface area contributed by atoms with Crippen LogP contribution in [0.15, 0.2) is 18.2 Å². The van der Waals surface area contributed by atoms with Gasteiger partial charge in [-0.1, -0.05) is 38.7 Å². The van der Waals surface area contributed by atoms with E-state index in [-0.39, 0.29) is 18.0 Å². The molecule has 0 radical (unpaired) electrons. The molecule has 1 aliphatic carbocycles. The second kappa shape index (κ2) is 10.2. The number of rotatable bonds is 11. The maximum atomic E-state index is 13.9. The second-order valence-electron chi connectivity index (χ2n) is 7.66. The number of Topliss-reactive ketones (excluding diaryl/α,β-unsaturated/α-hetero) is 1. The number of hydrogen-bond donors (Lipinski definition) is 0. The summed E-state index contributed by atoms with van der Waals surface area (Å²) in [6.07, 6.45) is 5.17. The molecule has 160 valence electrons. The molecular weight excluding hydrogens is 391 g/mol. The van der Waals surface area contributed by atoms with E-state index in [9.17, 15) is 14.2 Å². The highest BCUT2D eigenvalue weighted by Crippen LogP contribution is 2.56. The van der Waals surface area contributed by atoms with Crippen molar-refractivity contribution in [2.45, 2.75) is 63.9 Å². The molecule has 0 aliphatic heterocycles.